The summed E-state index contributed by atoms with van der Waals surface area (Å²) in [5.74, 6) is -0.824. The molecule has 1 atom stereocenters. The van der Waals surface area contributed by atoms with Crippen molar-refractivity contribution in [3.63, 3.8) is 0 Å². The molecule has 0 unspecified atom stereocenters. The molecule has 0 bridgehead atoms. The summed E-state index contributed by atoms with van der Waals surface area (Å²) in [4.78, 5) is 37.4. The number of amides is 1. The van der Waals surface area contributed by atoms with E-state index in [1.54, 1.807) is 20.8 Å². The van der Waals surface area contributed by atoms with Crippen LogP contribution in [0.4, 0.5) is 31.1 Å². The molecule has 0 heterocycles. The van der Waals surface area contributed by atoms with Gasteiger partial charge in [0, 0.05) is 6.42 Å². The van der Waals surface area contributed by atoms with Crippen molar-refractivity contribution < 1.29 is 69.1 Å². The van der Waals surface area contributed by atoms with E-state index in [1.807, 2.05) is 19.0 Å². The van der Waals surface area contributed by atoms with E-state index in [0.717, 1.165) is 19.9 Å². The molecular weight excluding hydrogens is 553 g/mol. The van der Waals surface area contributed by atoms with Gasteiger partial charge in [-0.3, -0.25) is 0 Å². The molecule has 0 spiro atoms. The molecule has 0 saturated carbocycles. The number of esters is 1. The fraction of sp³-hybridized carbons (Fsp3) is 0.481. The van der Waals surface area contributed by atoms with Crippen LogP contribution < -0.4 is 24.2 Å². The number of carbonyl (C=O) groups excluding carboxylic acids is 3. The molecule has 0 fully saturated rings. The van der Waals surface area contributed by atoms with Gasteiger partial charge >= 0.3 is 43.3 Å². The second-order valence-electron chi connectivity index (χ2n) is 9.50. The van der Waals surface area contributed by atoms with Gasteiger partial charge in [0.15, 0.2) is 0 Å². The number of ether oxygens (including phenoxy) is 2. The predicted octanol–water partition coefficient (Wildman–Crippen LogP) is 2.11. The topological polar surface area (TPSA) is 84.9 Å². The van der Waals surface area contributed by atoms with Crippen LogP contribution in [0.1, 0.15) is 31.9 Å². The summed E-state index contributed by atoms with van der Waals surface area (Å²) in [7, 11) is 5.07. The number of nitrogens with one attached hydrogen (secondary N) is 1. The van der Waals surface area contributed by atoms with E-state index in [-0.39, 0.29) is 36.9 Å². The molecule has 1 aromatic rings. The first-order chi connectivity index (χ1) is 18.2. The molecule has 1 aromatic carbocycles. The Kier molecular flexibility index (Phi) is 17.7. The third-order valence-corrected chi connectivity index (χ3v) is 4.57. The Morgan fingerprint density at radius 1 is 1.10 bits per heavy atom. The Bertz CT molecular complexity index is 1050. The quantitative estimate of drug-likeness (QED) is 0.119. The van der Waals surface area contributed by atoms with Crippen LogP contribution in [-0.4, -0.2) is 75.0 Å². The van der Waals surface area contributed by atoms with E-state index in [1.165, 1.54) is 24.3 Å². The molecule has 226 valence electrons. The second kappa shape index (κ2) is 17.9. The maximum atomic E-state index is 13.3. The van der Waals surface area contributed by atoms with Crippen LogP contribution in [-0.2, 0) is 31.9 Å². The number of carbonyl (C=O) groups is 2. The third kappa shape index (κ3) is 18.3. The Hall–Kier alpha value is -2.75. The van der Waals surface area contributed by atoms with Crippen LogP contribution in [0.3, 0.4) is 0 Å². The molecule has 0 radical (unpaired) electrons. The minimum atomic E-state index is -5.27. The van der Waals surface area contributed by atoms with E-state index in [2.05, 4.69) is 17.0 Å². The molecule has 41 heavy (non-hydrogen) atoms. The number of hydrogen-bond acceptors (Lipinski definition) is 6. The second-order valence-corrected chi connectivity index (χ2v) is 9.50. The van der Waals surface area contributed by atoms with Crippen molar-refractivity contribution in [1.82, 2.24) is 10.2 Å². The van der Waals surface area contributed by atoms with Crippen molar-refractivity contribution in [3.8, 4) is 0 Å². The van der Waals surface area contributed by atoms with Crippen LogP contribution >= 0.6 is 0 Å². The smallest absolute Gasteiger partial charge is 0.467 e. The first-order valence-corrected chi connectivity index (χ1v) is 11.7. The molecule has 1 N–H and O–H groups in total. The Balaban J connectivity index is 0. The molecule has 14 heteroatoms. The molecule has 0 aromatic heterocycles. The minimum absolute atomic E-state index is 0. The van der Waals surface area contributed by atoms with Gasteiger partial charge in [-0.2, -0.15) is 38.0 Å². The van der Waals surface area contributed by atoms with E-state index >= 15 is 0 Å². The fourth-order valence-corrected chi connectivity index (χ4v) is 2.77. The molecule has 1 amide bonds. The first kappa shape index (κ1) is 40.4. The van der Waals surface area contributed by atoms with Crippen LogP contribution in [0.25, 0.3) is 0 Å². The van der Waals surface area contributed by atoms with Crippen molar-refractivity contribution >= 4 is 18.3 Å². The van der Waals surface area contributed by atoms with Crippen molar-refractivity contribution in [1.29, 1.82) is 0 Å². The number of alkyl halides is 6. The van der Waals surface area contributed by atoms with Gasteiger partial charge in [0.05, 0.1) is 7.11 Å². The number of alkyl carbamates (subject to hydrolysis) is 1. The summed E-state index contributed by atoms with van der Waals surface area (Å²) in [5, 5.41) is 2.34. The molecule has 0 aliphatic rings. The van der Waals surface area contributed by atoms with Gasteiger partial charge in [-0.15, -0.1) is 12.1 Å². The van der Waals surface area contributed by atoms with Crippen molar-refractivity contribution in [2.75, 3.05) is 27.7 Å². The van der Waals surface area contributed by atoms with Crippen LogP contribution in [0.15, 0.2) is 41.5 Å². The molecule has 0 saturated heterocycles. The Labute approximate surface area is 248 Å². The van der Waals surface area contributed by atoms with E-state index in [4.69, 9.17) is 4.74 Å². The van der Waals surface area contributed by atoms with Gasteiger partial charge in [-0.1, -0.05) is 24.3 Å². The zero-order chi connectivity index (χ0) is 31.3. The van der Waals surface area contributed by atoms with Gasteiger partial charge in [0.2, 0.25) is 0 Å². The summed E-state index contributed by atoms with van der Waals surface area (Å²) in [6.45, 7) is 9.32. The summed E-state index contributed by atoms with van der Waals surface area (Å²) < 4.78 is 86.6. The van der Waals surface area contributed by atoms with Crippen LogP contribution in [0.2, 0.25) is 0 Å². The summed E-state index contributed by atoms with van der Waals surface area (Å²) >= 11 is 0. The van der Waals surface area contributed by atoms with Gasteiger partial charge in [-0.25, -0.2) is 15.7 Å². The van der Waals surface area contributed by atoms with E-state index < -0.39 is 53.6 Å². The summed E-state index contributed by atoms with van der Waals surface area (Å²) in [6.07, 6.45) is -10.8. The normalized spacial score (nSPS) is 13.3. The van der Waals surface area contributed by atoms with E-state index in [9.17, 15) is 40.7 Å². The molecule has 0 aliphatic carbocycles. The van der Waals surface area contributed by atoms with Crippen molar-refractivity contribution in [2.45, 2.75) is 57.6 Å². The number of halogens is 6. The van der Waals surface area contributed by atoms with Gasteiger partial charge < -0.3 is 31.4 Å². The van der Waals surface area contributed by atoms with Crippen LogP contribution in [0.5, 0.6) is 0 Å². The average Bonchev–Trinajstić information content (AvgIpc) is 2.80. The van der Waals surface area contributed by atoms with E-state index in [0.29, 0.717) is 11.6 Å². The van der Waals surface area contributed by atoms with Gasteiger partial charge in [-0.05, 0) is 58.7 Å². The minimum Gasteiger partial charge on any atom is -0.467 e. The fourth-order valence-electron chi connectivity index (χ4n) is 2.77. The number of benzene rings is 1. The average molecular weight is 586 g/mol. The monoisotopic (exact) mass is 586 g/mol. The molecule has 7 nitrogen and oxygen atoms in total. The Morgan fingerprint density at radius 3 is 2.05 bits per heavy atom. The number of hydrogen-bond donors (Lipinski definition) is 1. The predicted molar refractivity (Wildman–Crippen MR) is 136 cm³/mol. The maximum absolute atomic E-state index is 13.3. The van der Waals surface area contributed by atoms with Crippen molar-refractivity contribution in [3.05, 3.63) is 65.6 Å². The van der Waals surface area contributed by atoms with Crippen LogP contribution in [0, 0.1) is 13.0 Å². The standard InChI is InChI=1S/C23H23F6NO5.C4H10N.Li/c1-21(2,3)35-20(33)30-18(19(32)34-4)12-15-7-5-6-14(10-15)11-16(13-31)17(23(27,28)29)8-9-22(24,25)26;1-4-5(2)3;/h5-8,10,18H,11-12H2,1-4H3,(H,30,33);1,4H2,2-3H3;/q-2;-1;+1/b17-16+;;/t18-;;/m0../s1. The first-order valence-electron chi connectivity index (χ1n) is 11.7. The molecule has 0 aliphatic heterocycles. The zero-order valence-corrected chi connectivity index (χ0v) is 24.0. The molecular formula is C27H33F6LiN2O5-2. The number of nitrogens with zero attached hydrogens (tertiary/aromatic N) is 1. The summed E-state index contributed by atoms with van der Waals surface area (Å²) in [5.41, 5.74) is -3.29. The number of allylic oxidation sites excluding steroid dienone is 4. The van der Waals surface area contributed by atoms with Gasteiger partial charge in [0.1, 0.15) is 11.6 Å². The maximum Gasteiger partial charge on any atom is 1.00 e. The number of rotatable bonds is 9. The SMILES string of the molecule is COC(=O)[C@H](Cc1cccc(C/C([C-]=O)=C(/C=[C-]C(F)(F)F)C(F)(F)F)c1)NC(=O)OC(C)(C)C.[CH2-]CN(C)C.[Li+]. The summed E-state index contributed by atoms with van der Waals surface area (Å²) in [6, 6.07) is 4.34. The van der Waals surface area contributed by atoms with Crippen molar-refractivity contribution in [2.24, 2.45) is 0 Å². The Morgan fingerprint density at radius 2 is 1.63 bits per heavy atom. The third-order valence-electron chi connectivity index (χ3n) is 4.57. The molecule has 1 rings (SSSR count). The number of methoxy groups -OCH3 is 1. The largest absolute Gasteiger partial charge is 1.00 e. The van der Waals surface area contributed by atoms with Gasteiger partial charge in [0.25, 0.3) is 0 Å². The zero-order valence-electron chi connectivity index (χ0n) is 24.0.